The van der Waals surface area contributed by atoms with Gasteiger partial charge in [0.05, 0.1) is 4.47 Å². The van der Waals surface area contributed by atoms with Crippen molar-refractivity contribution in [2.75, 3.05) is 6.61 Å². The van der Waals surface area contributed by atoms with Crippen molar-refractivity contribution in [2.45, 2.75) is 0 Å². The molecule has 0 saturated heterocycles. The van der Waals surface area contributed by atoms with E-state index in [1.54, 1.807) is 12.1 Å². The van der Waals surface area contributed by atoms with Gasteiger partial charge in [-0.2, -0.15) is 0 Å². The van der Waals surface area contributed by atoms with E-state index in [0.29, 0.717) is 5.75 Å². The molecule has 0 aliphatic carbocycles. The van der Waals surface area contributed by atoms with Gasteiger partial charge >= 0.3 is 0 Å². The highest BCUT2D eigenvalue weighted by Gasteiger charge is 2.09. The molecule has 0 atom stereocenters. The van der Waals surface area contributed by atoms with Crippen LogP contribution in [0.2, 0.25) is 0 Å². The molecule has 0 aromatic heterocycles. The summed E-state index contributed by atoms with van der Waals surface area (Å²) >= 11 is 6.98. The Labute approximate surface area is 201 Å². The lowest BCUT2D eigenvalue weighted by Crippen LogP contribution is -2.43. The highest BCUT2D eigenvalue weighted by Crippen LogP contribution is 2.34. The molecule has 4 aromatic rings. The number of benzene rings is 4. The van der Waals surface area contributed by atoms with Crippen LogP contribution in [0.1, 0.15) is 5.56 Å². The molecule has 0 bridgehead atoms. The van der Waals surface area contributed by atoms with Gasteiger partial charge in [0.1, 0.15) is 5.75 Å². The number of hydrogen-bond donors (Lipinski definition) is 2. The van der Waals surface area contributed by atoms with E-state index in [-0.39, 0.29) is 6.61 Å². The Morgan fingerprint density at radius 1 is 0.844 bits per heavy atom. The van der Waals surface area contributed by atoms with Crippen LogP contribution in [0.25, 0.3) is 27.6 Å². The molecule has 0 spiro atoms. The molecule has 4 aromatic carbocycles. The second-order valence-electron chi connectivity index (χ2n) is 6.97. The van der Waals surface area contributed by atoms with Crippen LogP contribution in [0, 0.1) is 0 Å². The number of fused-ring (bicyclic) bond motifs is 2. The quantitative estimate of drug-likeness (QED) is 0.244. The van der Waals surface area contributed by atoms with Crippen LogP contribution in [0.4, 0.5) is 0 Å². The van der Waals surface area contributed by atoms with Gasteiger partial charge in [0.2, 0.25) is 0 Å². The minimum absolute atomic E-state index is 0.242. The summed E-state index contributed by atoms with van der Waals surface area (Å²) in [6.45, 7) is -0.242. The number of nitrogens with one attached hydrogen (secondary N) is 2. The minimum atomic E-state index is -0.472. The SMILES string of the molecule is O=C(/C=C/c1cccc2ccccc12)NNC(=O)COc1ccc2cc(Br)ccc2c1Br. The van der Waals surface area contributed by atoms with Crippen molar-refractivity contribution in [1.82, 2.24) is 10.9 Å². The summed E-state index contributed by atoms with van der Waals surface area (Å²) < 4.78 is 7.35. The molecular formula is C25H18Br2N2O3. The second kappa shape index (κ2) is 9.97. The number of carbonyl (C=O) groups excluding carboxylic acids is 2. The summed E-state index contributed by atoms with van der Waals surface area (Å²) in [7, 11) is 0. The maximum Gasteiger partial charge on any atom is 0.276 e. The van der Waals surface area contributed by atoms with Gasteiger partial charge in [-0.1, -0.05) is 70.5 Å². The lowest BCUT2D eigenvalue weighted by atomic mass is 10.0. The molecule has 0 fully saturated rings. The maximum atomic E-state index is 12.1. The Kier molecular flexibility index (Phi) is 6.87. The van der Waals surface area contributed by atoms with E-state index in [1.165, 1.54) is 6.08 Å². The Morgan fingerprint density at radius 2 is 1.66 bits per heavy atom. The predicted molar refractivity (Wildman–Crippen MR) is 134 cm³/mol. The molecule has 2 amide bonds. The molecule has 2 N–H and O–H groups in total. The third-order valence-corrected chi connectivity index (χ3v) is 6.11. The van der Waals surface area contributed by atoms with Crippen LogP contribution in [-0.2, 0) is 9.59 Å². The van der Waals surface area contributed by atoms with Crippen LogP contribution < -0.4 is 15.6 Å². The van der Waals surface area contributed by atoms with Crippen LogP contribution in [0.15, 0.2) is 87.8 Å². The lowest BCUT2D eigenvalue weighted by molar-refractivity contribution is -0.128. The van der Waals surface area contributed by atoms with E-state index in [0.717, 1.165) is 36.1 Å². The summed E-state index contributed by atoms with van der Waals surface area (Å²) in [5.74, 6) is -0.374. The first-order valence-corrected chi connectivity index (χ1v) is 11.3. The fourth-order valence-electron chi connectivity index (χ4n) is 3.27. The van der Waals surface area contributed by atoms with Gasteiger partial charge in [0.25, 0.3) is 11.8 Å². The predicted octanol–water partition coefficient (Wildman–Crippen LogP) is 5.76. The third-order valence-electron chi connectivity index (χ3n) is 4.80. The second-order valence-corrected chi connectivity index (χ2v) is 8.68. The molecule has 0 saturated carbocycles. The maximum absolute atomic E-state index is 12.1. The van der Waals surface area contributed by atoms with E-state index >= 15 is 0 Å². The van der Waals surface area contributed by atoms with Gasteiger partial charge in [0.15, 0.2) is 6.61 Å². The van der Waals surface area contributed by atoms with Crippen molar-refractivity contribution >= 4 is 71.3 Å². The Balaban J connectivity index is 1.31. The normalized spacial score (nSPS) is 11.1. The largest absolute Gasteiger partial charge is 0.483 e. The summed E-state index contributed by atoms with van der Waals surface area (Å²) in [6.07, 6.45) is 3.09. The zero-order valence-corrected chi connectivity index (χ0v) is 19.9. The Bertz CT molecular complexity index is 1350. The van der Waals surface area contributed by atoms with Gasteiger partial charge in [-0.15, -0.1) is 0 Å². The van der Waals surface area contributed by atoms with Crippen molar-refractivity contribution < 1.29 is 14.3 Å². The number of halogens is 2. The van der Waals surface area contributed by atoms with Crippen LogP contribution in [0.3, 0.4) is 0 Å². The first-order valence-electron chi connectivity index (χ1n) is 9.76. The number of hydrogen-bond acceptors (Lipinski definition) is 3. The molecule has 0 aliphatic rings. The van der Waals surface area contributed by atoms with E-state index in [4.69, 9.17) is 4.74 Å². The van der Waals surface area contributed by atoms with Crippen LogP contribution >= 0.6 is 31.9 Å². The van der Waals surface area contributed by atoms with Crippen molar-refractivity contribution in [1.29, 1.82) is 0 Å². The standard InChI is InChI=1S/C25H18Br2N2O3/c26-19-10-11-21-18(14-19)8-12-22(25(21)27)32-15-24(31)29-28-23(30)13-9-17-6-3-5-16-4-1-2-7-20(16)17/h1-14H,15H2,(H,28,30)(H,29,31)/b13-9+. The zero-order valence-electron chi connectivity index (χ0n) is 16.8. The van der Waals surface area contributed by atoms with Crippen molar-refractivity contribution in [3.63, 3.8) is 0 Å². The molecule has 5 nitrogen and oxygen atoms in total. The molecule has 160 valence electrons. The molecular weight excluding hydrogens is 536 g/mol. The lowest BCUT2D eigenvalue weighted by Gasteiger charge is -2.11. The van der Waals surface area contributed by atoms with Crippen molar-refractivity contribution in [3.05, 3.63) is 93.4 Å². The van der Waals surface area contributed by atoms with Crippen LogP contribution in [-0.4, -0.2) is 18.4 Å². The number of ether oxygens (including phenoxy) is 1. The zero-order chi connectivity index (χ0) is 22.5. The minimum Gasteiger partial charge on any atom is -0.483 e. The molecule has 7 heteroatoms. The highest BCUT2D eigenvalue weighted by atomic mass is 79.9. The summed E-state index contributed by atoms with van der Waals surface area (Å²) in [4.78, 5) is 24.2. The average molecular weight is 554 g/mol. The number of rotatable bonds is 5. The number of amides is 2. The number of hydrazine groups is 1. The van der Waals surface area contributed by atoms with E-state index < -0.39 is 11.8 Å². The Morgan fingerprint density at radius 3 is 2.53 bits per heavy atom. The first-order chi connectivity index (χ1) is 15.5. The topological polar surface area (TPSA) is 67.4 Å². The van der Waals surface area contributed by atoms with Crippen molar-refractivity contribution in [2.24, 2.45) is 0 Å². The van der Waals surface area contributed by atoms with Gasteiger partial charge in [-0.25, -0.2) is 0 Å². The van der Waals surface area contributed by atoms with Gasteiger partial charge in [-0.05, 0) is 67.3 Å². The van der Waals surface area contributed by atoms with Crippen molar-refractivity contribution in [3.8, 4) is 5.75 Å². The fraction of sp³-hybridized carbons (Fsp3) is 0.0400. The van der Waals surface area contributed by atoms with Gasteiger partial charge in [0, 0.05) is 10.5 Å². The number of carbonyl (C=O) groups is 2. The molecule has 0 unspecified atom stereocenters. The Hall–Kier alpha value is -3.16. The van der Waals surface area contributed by atoms with E-state index in [9.17, 15) is 9.59 Å². The molecule has 0 aliphatic heterocycles. The van der Waals surface area contributed by atoms with Crippen LogP contribution in [0.5, 0.6) is 5.75 Å². The summed E-state index contributed by atoms with van der Waals surface area (Å²) in [6, 6.07) is 23.4. The third kappa shape index (κ3) is 5.18. The monoisotopic (exact) mass is 552 g/mol. The van der Waals surface area contributed by atoms with E-state index in [2.05, 4.69) is 42.7 Å². The summed E-state index contributed by atoms with van der Waals surface area (Å²) in [5, 5.41) is 4.14. The molecule has 0 radical (unpaired) electrons. The van der Waals surface area contributed by atoms with Gasteiger partial charge in [-0.3, -0.25) is 20.4 Å². The summed E-state index contributed by atoms with van der Waals surface area (Å²) in [5.41, 5.74) is 5.64. The smallest absolute Gasteiger partial charge is 0.276 e. The van der Waals surface area contributed by atoms with E-state index in [1.807, 2.05) is 66.7 Å². The van der Waals surface area contributed by atoms with Gasteiger partial charge < -0.3 is 4.74 Å². The first kappa shape index (κ1) is 22.0. The molecule has 32 heavy (non-hydrogen) atoms. The molecule has 4 rings (SSSR count). The fourth-order valence-corrected chi connectivity index (χ4v) is 4.25. The molecule has 0 heterocycles. The average Bonchev–Trinajstić information content (AvgIpc) is 2.80. The highest BCUT2D eigenvalue weighted by molar-refractivity contribution is 9.11.